The second-order valence-corrected chi connectivity index (χ2v) is 4.40. The Morgan fingerprint density at radius 1 is 1.21 bits per heavy atom. The molecule has 0 bridgehead atoms. The van der Waals surface area contributed by atoms with Gasteiger partial charge in [0.2, 0.25) is 0 Å². The Bertz CT molecular complexity index is 752. The molecule has 0 spiro atoms. The molecule has 1 N–H and O–H groups in total. The van der Waals surface area contributed by atoms with E-state index in [4.69, 9.17) is 16.3 Å². The predicted molar refractivity (Wildman–Crippen MR) is 73.9 cm³/mol. The normalized spacial score (nSPS) is 10.8. The highest BCUT2D eigenvalue weighted by Crippen LogP contribution is 2.34. The van der Waals surface area contributed by atoms with Gasteiger partial charge in [-0.15, -0.1) is 0 Å². The molecule has 0 saturated carbocycles. The summed E-state index contributed by atoms with van der Waals surface area (Å²) >= 11 is 6.10. The molecule has 0 aliphatic heterocycles. The van der Waals surface area contributed by atoms with Crippen molar-refractivity contribution in [2.45, 2.75) is 0 Å². The molecule has 96 valence electrons. The van der Waals surface area contributed by atoms with Gasteiger partial charge in [0.05, 0.1) is 12.7 Å². The number of nitrogens with zero attached hydrogens (tertiary/aromatic N) is 2. The second kappa shape index (κ2) is 4.48. The Hall–Kier alpha value is -2.20. The Morgan fingerprint density at radius 2 is 2.00 bits per heavy atom. The van der Waals surface area contributed by atoms with Crippen molar-refractivity contribution in [3.63, 3.8) is 0 Å². The number of pyridine rings is 1. The van der Waals surface area contributed by atoms with Crippen LogP contribution in [0, 0.1) is 0 Å². The summed E-state index contributed by atoms with van der Waals surface area (Å²) in [6.07, 6.45) is 1.80. The quantitative estimate of drug-likeness (QED) is 0.779. The number of ether oxygens (including phenoxy) is 1. The van der Waals surface area contributed by atoms with Crippen molar-refractivity contribution < 1.29 is 9.84 Å². The van der Waals surface area contributed by atoms with E-state index in [2.05, 4.69) is 4.98 Å². The van der Waals surface area contributed by atoms with Crippen molar-refractivity contribution in [2.24, 2.45) is 0 Å². The predicted octanol–water partition coefficient (Wildman–Crippen LogP) is 3.37. The van der Waals surface area contributed by atoms with E-state index in [9.17, 15) is 5.11 Å². The third-order valence-corrected chi connectivity index (χ3v) is 3.21. The van der Waals surface area contributed by atoms with Gasteiger partial charge in [0, 0.05) is 6.20 Å². The van der Waals surface area contributed by atoms with Crippen LogP contribution in [-0.2, 0) is 0 Å². The topological polar surface area (TPSA) is 46.8 Å². The Kier molecular flexibility index (Phi) is 2.80. The lowest BCUT2D eigenvalue weighted by molar-refractivity contribution is 0.416. The highest BCUT2D eigenvalue weighted by Gasteiger charge is 2.16. The van der Waals surface area contributed by atoms with Crippen LogP contribution in [0.25, 0.3) is 16.9 Å². The second-order valence-electron chi connectivity index (χ2n) is 4.04. The van der Waals surface area contributed by atoms with Crippen molar-refractivity contribution in [2.75, 3.05) is 7.11 Å². The smallest absolute Gasteiger partial charge is 0.159 e. The van der Waals surface area contributed by atoms with Crippen LogP contribution in [0.2, 0.25) is 5.15 Å². The maximum Gasteiger partial charge on any atom is 0.159 e. The Morgan fingerprint density at radius 3 is 2.79 bits per heavy atom. The van der Waals surface area contributed by atoms with E-state index in [0.29, 0.717) is 17.1 Å². The zero-order chi connectivity index (χ0) is 13.4. The highest BCUT2D eigenvalue weighted by atomic mass is 35.5. The molecular weight excluding hydrogens is 264 g/mol. The maximum absolute atomic E-state index is 9.86. The van der Waals surface area contributed by atoms with Gasteiger partial charge in [0.25, 0.3) is 0 Å². The Balaban J connectivity index is 2.35. The first kappa shape index (κ1) is 11.9. The molecule has 0 aliphatic rings. The van der Waals surface area contributed by atoms with Crippen molar-refractivity contribution in [3.8, 4) is 22.9 Å². The van der Waals surface area contributed by atoms with Crippen LogP contribution in [0.5, 0.6) is 11.5 Å². The first-order chi connectivity index (χ1) is 9.22. The molecule has 19 heavy (non-hydrogen) atoms. The first-order valence-electron chi connectivity index (χ1n) is 5.71. The summed E-state index contributed by atoms with van der Waals surface area (Å²) in [4.78, 5) is 4.32. The number of hydrogen-bond donors (Lipinski definition) is 1. The van der Waals surface area contributed by atoms with Crippen molar-refractivity contribution >= 4 is 17.1 Å². The zero-order valence-corrected chi connectivity index (χ0v) is 10.9. The van der Waals surface area contributed by atoms with E-state index >= 15 is 0 Å². The van der Waals surface area contributed by atoms with Gasteiger partial charge in [-0.3, -0.25) is 4.40 Å². The third kappa shape index (κ3) is 1.81. The lowest BCUT2D eigenvalue weighted by Gasteiger charge is -2.07. The molecule has 3 aromatic rings. The summed E-state index contributed by atoms with van der Waals surface area (Å²) < 4.78 is 7.07. The highest BCUT2D eigenvalue weighted by molar-refractivity contribution is 6.33. The minimum atomic E-state index is 0.0983. The minimum absolute atomic E-state index is 0.0983. The van der Waals surface area contributed by atoms with Crippen molar-refractivity contribution in [1.29, 1.82) is 0 Å². The van der Waals surface area contributed by atoms with Gasteiger partial charge in [0.1, 0.15) is 22.8 Å². The van der Waals surface area contributed by atoms with Crippen LogP contribution in [0.1, 0.15) is 0 Å². The van der Waals surface area contributed by atoms with Crippen molar-refractivity contribution in [3.05, 3.63) is 47.7 Å². The Labute approximate surface area is 114 Å². The minimum Gasteiger partial charge on any atom is -0.506 e. The average Bonchev–Trinajstić information content (AvgIpc) is 2.77. The van der Waals surface area contributed by atoms with Gasteiger partial charge in [-0.2, -0.15) is 0 Å². The molecule has 0 atom stereocenters. The fourth-order valence-corrected chi connectivity index (χ4v) is 2.37. The zero-order valence-electron chi connectivity index (χ0n) is 10.2. The van der Waals surface area contributed by atoms with Crippen LogP contribution in [0.15, 0.2) is 42.6 Å². The van der Waals surface area contributed by atoms with Gasteiger partial charge in [-0.25, -0.2) is 4.98 Å². The molecule has 2 heterocycles. The molecule has 0 saturated heterocycles. The maximum atomic E-state index is 9.86. The van der Waals surface area contributed by atoms with E-state index in [1.54, 1.807) is 29.8 Å². The number of aromatic nitrogens is 2. The average molecular weight is 275 g/mol. The summed E-state index contributed by atoms with van der Waals surface area (Å²) in [5.74, 6) is 1.43. The number of methoxy groups -OCH3 is 1. The van der Waals surface area contributed by atoms with E-state index in [-0.39, 0.29) is 10.9 Å². The van der Waals surface area contributed by atoms with Crippen LogP contribution >= 0.6 is 11.6 Å². The van der Waals surface area contributed by atoms with Gasteiger partial charge in [-0.05, 0) is 24.3 Å². The molecule has 3 rings (SSSR count). The number of benzene rings is 1. The van der Waals surface area contributed by atoms with E-state index in [1.807, 2.05) is 24.3 Å². The molecular formula is C14H11ClN2O2. The molecule has 0 fully saturated rings. The first-order valence-corrected chi connectivity index (χ1v) is 6.09. The molecule has 2 aromatic heterocycles. The lowest BCUT2D eigenvalue weighted by Crippen LogP contribution is -1.92. The standard InChI is InChI=1S/C14H11ClN2O2/c1-19-11-7-3-2-5-9(11)14-16-13(15)12-10(18)6-4-8-17(12)14/h2-8,18H,1H3. The van der Waals surface area contributed by atoms with E-state index in [1.165, 1.54) is 0 Å². The number of rotatable bonds is 2. The van der Waals surface area contributed by atoms with Gasteiger partial charge >= 0.3 is 0 Å². The molecule has 0 radical (unpaired) electrons. The van der Waals surface area contributed by atoms with Crippen LogP contribution < -0.4 is 4.74 Å². The third-order valence-electron chi connectivity index (χ3n) is 2.95. The molecule has 0 aliphatic carbocycles. The monoisotopic (exact) mass is 274 g/mol. The van der Waals surface area contributed by atoms with E-state index in [0.717, 1.165) is 5.56 Å². The summed E-state index contributed by atoms with van der Waals surface area (Å²) in [5, 5.41) is 10.1. The largest absolute Gasteiger partial charge is 0.506 e. The lowest BCUT2D eigenvalue weighted by atomic mass is 10.2. The molecule has 0 amide bonds. The summed E-state index contributed by atoms with van der Waals surface area (Å²) in [5.41, 5.74) is 1.31. The number of imidazole rings is 1. The molecule has 5 heteroatoms. The summed E-state index contributed by atoms with van der Waals surface area (Å²) in [7, 11) is 1.60. The number of aromatic hydroxyl groups is 1. The molecule has 1 aromatic carbocycles. The van der Waals surface area contributed by atoms with Gasteiger partial charge in [0.15, 0.2) is 5.15 Å². The van der Waals surface area contributed by atoms with Crippen LogP contribution in [-0.4, -0.2) is 21.6 Å². The van der Waals surface area contributed by atoms with Crippen LogP contribution in [0.4, 0.5) is 0 Å². The summed E-state index contributed by atoms with van der Waals surface area (Å²) in [6, 6.07) is 10.8. The van der Waals surface area contributed by atoms with E-state index < -0.39 is 0 Å². The fraction of sp³-hybridized carbons (Fsp3) is 0.0714. The van der Waals surface area contributed by atoms with Crippen molar-refractivity contribution in [1.82, 2.24) is 9.38 Å². The number of halogens is 1. The summed E-state index contributed by atoms with van der Waals surface area (Å²) in [6.45, 7) is 0. The van der Waals surface area contributed by atoms with Gasteiger partial charge < -0.3 is 9.84 Å². The number of fused-ring (bicyclic) bond motifs is 1. The van der Waals surface area contributed by atoms with Gasteiger partial charge in [-0.1, -0.05) is 23.7 Å². The fourth-order valence-electron chi connectivity index (χ4n) is 2.10. The van der Waals surface area contributed by atoms with Crippen LogP contribution in [0.3, 0.4) is 0 Å². The number of para-hydroxylation sites is 1. The number of hydrogen-bond acceptors (Lipinski definition) is 3. The molecule has 4 nitrogen and oxygen atoms in total. The SMILES string of the molecule is COc1ccccc1-c1nc(Cl)c2c(O)cccn12. The molecule has 0 unspecified atom stereocenters.